The number of nitrogens with zero attached hydrogens (tertiary/aromatic N) is 2. The third kappa shape index (κ3) is 4.08. The number of carboxylic acids is 1. The van der Waals surface area contributed by atoms with Gasteiger partial charge in [0.25, 0.3) is 0 Å². The van der Waals surface area contributed by atoms with Gasteiger partial charge < -0.3 is 14.9 Å². The van der Waals surface area contributed by atoms with Gasteiger partial charge in [0, 0.05) is 18.2 Å². The van der Waals surface area contributed by atoms with Gasteiger partial charge in [0.1, 0.15) is 0 Å². The number of carboxylic acid groups (broad SMARTS) is 1. The van der Waals surface area contributed by atoms with Crippen LogP contribution in [0.25, 0.3) is 11.4 Å². The highest BCUT2D eigenvalue weighted by Crippen LogP contribution is 2.20. The van der Waals surface area contributed by atoms with Crippen molar-refractivity contribution in [2.75, 3.05) is 5.32 Å². The van der Waals surface area contributed by atoms with Crippen molar-refractivity contribution in [3.8, 4) is 11.4 Å². The van der Waals surface area contributed by atoms with E-state index in [9.17, 15) is 9.59 Å². The largest absolute Gasteiger partial charge is 0.478 e. The van der Waals surface area contributed by atoms with Gasteiger partial charge in [-0.3, -0.25) is 4.79 Å². The number of anilines is 1. The van der Waals surface area contributed by atoms with Crippen LogP contribution in [-0.2, 0) is 11.2 Å². The second-order valence-electron chi connectivity index (χ2n) is 5.45. The predicted molar refractivity (Wildman–Crippen MR) is 90.2 cm³/mol. The summed E-state index contributed by atoms with van der Waals surface area (Å²) < 4.78 is 4.95. The summed E-state index contributed by atoms with van der Waals surface area (Å²) in [5.41, 5.74) is 2.10. The van der Waals surface area contributed by atoms with E-state index in [0.29, 0.717) is 23.0 Å². The summed E-state index contributed by atoms with van der Waals surface area (Å²) in [6, 6.07) is 13.4. The highest BCUT2D eigenvalue weighted by molar-refractivity contribution is 5.93. The van der Waals surface area contributed by atoms with Gasteiger partial charge in [-0.05, 0) is 29.8 Å². The van der Waals surface area contributed by atoms with Gasteiger partial charge in [-0.25, -0.2) is 4.79 Å². The second kappa shape index (κ2) is 6.96. The number of aromatic carboxylic acids is 1. The van der Waals surface area contributed by atoms with Crippen LogP contribution in [0.4, 0.5) is 5.69 Å². The lowest BCUT2D eigenvalue weighted by molar-refractivity contribution is -0.115. The first-order chi connectivity index (χ1) is 12.0. The van der Waals surface area contributed by atoms with Crippen LogP contribution in [0.2, 0.25) is 0 Å². The molecule has 0 aliphatic carbocycles. The van der Waals surface area contributed by atoms with Crippen LogP contribution in [0, 0.1) is 6.92 Å². The maximum atomic E-state index is 12.2. The fraction of sp³-hybridized carbons (Fsp3) is 0.111. The van der Waals surface area contributed by atoms with Crippen molar-refractivity contribution in [2.24, 2.45) is 0 Å². The van der Waals surface area contributed by atoms with Crippen molar-refractivity contribution in [2.45, 2.75) is 13.3 Å². The Hall–Kier alpha value is -3.48. The zero-order valence-corrected chi connectivity index (χ0v) is 13.4. The van der Waals surface area contributed by atoms with E-state index in [1.165, 1.54) is 12.1 Å². The summed E-state index contributed by atoms with van der Waals surface area (Å²) in [5, 5.41) is 15.6. The Morgan fingerprint density at radius 1 is 1.16 bits per heavy atom. The Balaban J connectivity index is 1.71. The van der Waals surface area contributed by atoms with E-state index in [4.69, 9.17) is 9.63 Å². The zero-order valence-electron chi connectivity index (χ0n) is 13.4. The molecule has 1 amide bonds. The average Bonchev–Trinajstić information content (AvgIpc) is 3.02. The van der Waals surface area contributed by atoms with Gasteiger partial charge in [0.15, 0.2) is 0 Å². The first-order valence-electron chi connectivity index (χ1n) is 7.54. The van der Waals surface area contributed by atoms with Gasteiger partial charge in [-0.2, -0.15) is 4.98 Å². The van der Waals surface area contributed by atoms with Crippen molar-refractivity contribution in [3.05, 3.63) is 65.5 Å². The molecule has 0 fully saturated rings. The number of aryl methyl sites for hydroxylation is 1. The topological polar surface area (TPSA) is 105 Å². The van der Waals surface area contributed by atoms with Crippen LogP contribution >= 0.6 is 0 Å². The lowest BCUT2D eigenvalue weighted by Crippen LogP contribution is -2.14. The van der Waals surface area contributed by atoms with Crippen LogP contribution in [0.5, 0.6) is 0 Å². The maximum Gasteiger partial charge on any atom is 0.335 e. The van der Waals surface area contributed by atoms with Crippen LogP contribution in [-0.4, -0.2) is 27.1 Å². The van der Waals surface area contributed by atoms with E-state index in [1.807, 2.05) is 6.07 Å². The fourth-order valence-electron chi connectivity index (χ4n) is 2.36. The molecule has 25 heavy (non-hydrogen) atoms. The third-order valence-corrected chi connectivity index (χ3v) is 3.47. The monoisotopic (exact) mass is 337 g/mol. The Kier molecular flexibility index (Phi) is 4.56. The molecule has 0 aliphatic heterocycles. The zero-order chi connectivity index (χ0) is 17.8. The van der Waals surface area contributed by atoms with Crippen molar-refractivity contribution in [1.82, 2.24) is 10.1 Å². The first-order valence-corrected chi connectivity index (χ1v) is 7.54. The molecule has 0 spiro atoms. The minimum atomic E-state index is -1.02. The minimum Gasteiger partial charge on any atom is -0.478 e. The number of hydrogen-bond donors (Lipinski definition) is 2. The predicted octanol–water partition coefficient (Wildman–Crippen LogP) is 2.92. The number of rotatable bonds is 5. The smallest absolute Gasteiger partial charge is 0.335 e. The molecule has 0 radical (unpaired) electrons. The van der Waals surface area contributed by atoms with Crippen LogP contribution in [0.3, 0.4) is 0 Å². The molecular formula is C18H15N3O4. The van der Waals surface area contributed by atoms with E-state index in [-0.39, 0.29) is 17.9 Å². The number of hydrogen-bond acceptors (Lipinski definition) is 5. The molecule has 7 nitrogen and oxygen atoms in total. The number of amides is 1. The highest BCUT2D eigenvalue weighted by atomic mass is 16.5. The number of benzene rings is 2. The molecular weight excluding hydrogens is 322 g/mol. The Labute approximate surface area is 143 Å². The lowest BCUT2D eigenvalue weighted by Gasteiger charge is -2.07. The van der Waals surface area contributed by atoms with Crippen molar-refractivity contribution >= 4 is 17.6 Å². The normalized spacial score (nSPS) is 10.4. The van der Waals surface area contributed by atoms with Gasteiger partial charge in [0.2, 0.25) is 17.6 Å². The van der Waals surface area contributed by atoms with Crippen molar-refractivity contribution < 1.29 is 19.2 Å². The molecule has 0 saturated carbocycles. The summed E-state index contributed by atoms with van der Waals surface area (Å²) in [6.07, 6.45) is 0.0761. The molecule has 0 unspecified atom stereocenters. The second-order valence-corrected chi connectivity index (χ2v) is 5.45. The van der Waals surface area contributed by atoms with Gasteiger partial charge in [0.05, 0.1) is 12.0 Å². The lowest BCUT2D eigenvalue weighted by atomic mass is 10.1. The standard InChI is InChI=1S/C18H15N3O4/c1-11-19-17(21-25-11)13-5-3-7-15(10-13)20-16(22)9-12-4-2-6-14(8-12)18(23)24/h2-8,10H,9H2,1H3,(H,20,22)(H,23,24). The van der Waals surface area contributed by atoms with E-state index in [2.05, 4.69) is 15.5 Å². The average molecular weight is 337 g/mol. The minimum absolute atomic E-state index is 0.0761. The van der Waals surface area contributed by atoms with E-state index in [1.54, 1.807) is 37.3 Å². The Bertz CT molecular complexity index is 933. The van der Waals surface area contributed by atoms with Gasteiger partial charge >= 0.3 is 5.97 Å². The third-order valence-electron chi connectivity index (χ3n) is 3.47. The molecule has 3 rings (SSSR count). The number of carbonyl (C=O) groups is 2. The number of nitrogens with one attached hydrogen (secondary N) is 1. The molecule has 2 aromatic carbocycles. The summed E-state index contributed by atoms with van der Waals surface area (Å²) in [5.74, 6) is -0.361. The molecule has 0 aliphatic rings. The number of aromatic nitrogens is 2. The summed E-state index contributed by atoms with van der Waals surface area (Å²) in [6.45, 7) is 1.70. The van der Waals surface area contributed by atoms with Crippen molar-refractivity contribution in [1.29, 1.82) is 0 Å². The molecule has 1 aromatic heterocycles. The van der Waals surface area contributed by atoms with E-state index in [0.717, 1.165) is 5.56 Å². The summed E-state index contributed by atoms with van der Waals surface area (Å²) in [4.78, 5) is 27.3. The highest BCUT2D eigenvalue weighted by Gasteiger charge is 2.10. The molecule has 1 heterocycles. The molecule has 2 N–H and O–H groups in total. The molecule has 126 valence electrons. The number of carbonyl (C=O) groups excluding carboxylic acids is 1. The molecule has 0 saturated heterocycles. The molecule has 7 heteroatoms. The van der Waals surface area contributed by atoms with E-state index < -0.39 is 5.97 Å². The summed E-state index contributed by atoms with van der Waals surface area (Å²) >= 11 is 0. The molecule has 0 bridgehead atoms. The fourth-order valence-corrected chi connectivity index (χ4v) is 2.36. The van der Waals surface area contributed by atoms with Crippen LogP contribution in [0.15, 0.2) is 53.1 Å². The van der Waals surface area contributed by atoms with Gasteiger partial charge in [-0.1, -0.05) is 29.4 Å². The van der Waals surface area contributed by atoms with E-state index >= 15 is 0 Å². The van der Waals surface area contributed by atoms with Crippen LogP contribution < -0.4 is 5.32 Å². The van der Waals surface area contributed by atoms with Crippen molar-refractivity contribution in [3.63, 3.8) is 0 Å². The summed E-state index contributed by atoms with van der Waals surface area (Å²) in [7, 11) is 0. The quantitative estimate of drug-likeness (QED) is 0.741. The van der Waals surface area contributed by atoms with Gasteiger partial charge in [-0.15, -0.1) is 0 Å². The Morgan fingerprint density at radius 2 is 1.96 bits per heavy atom. The molecule has 0 atom stereocenters. The SMILES string of the molecule is Cc1nc(-c2cccc(NC(=O)Cc3cccc(C(=O)O)c3)c2)no1. The maximum absolute atomic E-state index is 12.2. The first kappa shape index (κ1) is 16.4. The van der Waals surface area contributed by atoms with Crippen LogP contribution in [0.1, 0.15) is 21.8 Å². The molecule has 3 aromatic rings. The Morgan fingerprint density at radius 3 is 2.68 bits per heavy atom.